The van der Waals surface area contributed by atoms with Crippen molar-refractivity contribution in [2.45, 2.75) is 18.9 Å². The number of nitrogens with zero attached hydrogens (tertiary/aromatic N) is 2. The van der Waals surface area contributed by atoms with Crippen LogP contribution in [0.5, 0.6) is 0 Å². The molecule has 1 N–H and O–H groups in total. The van der Waals surface area contributed by atoms with Crippen LogP contribution >= 0.6 is 27.3 Å². The van der Waals surface area contributed by atoms with Crippen LogP contribution in [0.2, 0.25) is 0 Å². The molecule has 0 aliphatic heterocycles. The number of hydrogen-bond donors (Lipinski definition) is 1. The van der Waals surface area contributed by atoms with E-state index in [1.165, 1.54) is 29.2 Å². The second-order valence-corrected chi connectivity index (χ2v) is 7.09. The van der Waals surface area contributed by atoms with Crippen LogP contribution < -0.4 is 9.88 Å². The first kappa shape index (κ1) is 13.9. The normalized spacial score (nSPS) is 14.0. The summed E-state index contributed by atoms with van der Waals surface area (Å²) in [4.78, 5) is 4.18. The monoisotopic (exact) mass is 372 g/mol. The SMILES string of the molecule is Brc1ccccc1-c1csc(Nc2cccnc2)[n+]1C1CC1. The maximum absolute atomic E-state index is 4.18. The van der Waals surface area contributed by atoms with Gasteiger partial charge >= 0.3 is 5.13 Å². The lowest BCUT2D eigenvalue weighted by atomic mass is 10.2. The summed E-state index contributed by atoms with van der Waals surface area (Å²) in [5.41, 5.74) is 3.54. The summed E-state index contributed by atoms with van der Waals surface area (Å²) >= 11 is 5.42. The van der Waals surface area contributed by atoms with Gasteiger partial charge in [-0.1, -0.05) is 39.4 Å². The van der Waals surface area contributed by atoms with Crippen LogP contribution in [-0.4, -0.2) is 4.98 Å². The molecule has 0 atom stereocenters. The summed E-state index contributed by atoms with van der Waals surface area (Å²) in [7, 11) is 0. The van der Waals surface area contributed by atoms with Gasteiger partial charge in [0, 0.05) is 21.6 Å². The summed E-state index contributed by atoms with van der Waals surface area (Å²) in [5, 5.41) is 6.91. The first-order chi connectivity index (χ1) is 10.8. The van der Waals surface area contributed by atoms with Gasteiger partial charge in [-0.3, -0.25) is 4.98 Å². The van der Waals surface area contributed by atoms with Crippen LogP contribution in [0.1, 0.15) is 18.9 Å². The van der Waals surface area contributed by atoms with Gasteiger partial charge in [-0.05, 0) is 37.1 Å². The molecular weight excluding hydrogens is 358 g/mol. The van der Waals surface area contributed by atoms with E-state index in [9.17, 15) is 0 Å². The smallest absolute Gasteiger partial charge is 0.260 e. The van der Waals surface area contributed by atoms with Crippen molar-refractivity contribution in [1.82, 2.24) is 4.98 Å². The van der Waals surface area contributed by atoms with Crippen LogP contribution in [0.25, 0.3) is 11.3 Å². The Morgan fingerprint density at radius 1 is 1.18 bits per heavy atom. The van der Waals surface area contributed by atoms with Crippen molar-refractivity contribution in [3.63, 3.8) is 0 Å². The molecular formula is C17H15BrN3S+. The zero-order valence-corrected chi connectivity index (χ0v) is 14.3. The number of aromatic nitrogens is 2. The zero-order chi connectivity index (χ0) is 14.9. The maximum atomic E-state index is 4.18. The Balaban J connectivity index is 1.77. The largest absolute Gasteiger partial charge is 0.339 e. The van der Waals surface area contributed by atoms with Crippen LogP contribution in [0.15, 0.2) is 58.6 Å². The van der Waals surface area contributed by atoms with Crippen molar-refractivity contribution in [2.24, 2.45) is 0 Å². The molecule has 1 aliphatic rings. The number of anilines is 2. The highest BCUT2D eigenvalue weighted by molar-refractivity contribution is 9.10. The van der Waals surface area contributed by atoms with Crippen molar-refractivity contribution in [3.8, 4) is 11.3 Å². The summed E-state index contributed by atoms with van der Waals surface area (Å²) in [6.45, 7) is 0. The molecule has 5 heteroatoms. The molecule has 0 amide bonds. The Labute approximate surface area is 141 Å². The van der Waals surface area contributed by atoms with Gasteiger partial charge in [-0.15, -0.1) is 0 Å². The van der Waals surface area contributed by atoms with E-state index >= 15 is 0 Å². The van der Waals surface area contributed by atoms with Gasteiger partial charge in [0.1, 0.15) is 17.4 Å². The molecule has 0 radical (unpaired) electrons. The van der Waals surface area contributed by atoms with Crippen molar-refractivity contribution >= 4 is 38.1 Å². The van der Waals surface area contributed by atoms with Gasteiger partial charge < -0.3 is 0 Å². The molecule has 4 rings (SSSR count). The molecule has 0 bridgehead atoms. The molecule has 22 heavy (non-hydrogen) atoms. The Bertz CT molecular complexity index is 797. The maximum Gasteiger partial charge on any atom is 0.339 e. The lowest BCUT2D eigenvalue weighted by molar-refractivity contribution is -0.671. The fourth-order valence-electron chi connectivity index (χ4n) is 2.54. The van der Waals surface area contributed by atoms with E-state index in [2.05, 4.69) is 60.4 Å². The quantitative estimate of drug-likeness (QED) is 0.657. The molecule has 3 nitrogen and oxygen atoms in total. The van der Waals surface area contributed by atoms with E-state index in [4.69, 9.17) is 0 Å². The second kappa shape index (κ2) is 5.82. The average Bonchev–Trinajstić information content (AvgIpc) is 3.30. The molecule has 3 aromatic rings. The van der Waals surface area contributed by atoms with Crippen molar-refractivity contribution in [2.75, 3.05) is 5.32 Å². The minimum Gasteiger partial charge on any atom is -0.260 e. The third-order valence-corrected chi connectivity index (χ3v) is 5.29. The minimum atomic E-state index is 0.604. The highest BCUT2D eigenvalue weighted by Crippen LogP contribution is 2.38. The fraction of sp³-hybridized carbons (Fsp3) is 0.176. The Morgan fingerprint density at radius 2 is 2.05 bits per heavy atom. The molecule has 110 valence electrons. The zero-order valence-electron chi connectivity index (χ0n) is 11.9. The van der Waals surface area contributed by atoms with E-state index in [-0.39, 0.29) is 0 Å². The second-order valence-electron chi connectivity index (χ2n) is 5.37. The van der Waals surface area contributed by atoms with Crippen molar-refractivity contribution in [3.05, 3.63) is 58.6 Å². The molecule has 0 saturated heterocycles. The van der Waals surface area contributed by atoms with Crippen LogP contribution in [0.4, 0.5) is 10.8 Å². The number of nitrogens with one attached hydrogen (secondary N) is 1. The Morgan fingerprint density at radius 3 is 2.77 bits per heavy atom. The lowest BCUT2D eigenvalue weighted by Crippen LogP contribution is -2.35. The summed E-state index contributed by atoms with van der Waals surface area (Å²) < 4.78 is 3.56. The topological polar surface area (TPSA) is 28.8 Å². The average molecular weight is 373 g/mol. The molecule has 1 aromatic carbocycles. The standard InChI is InChI=1S/C17H14BrN3S/c18-15-6-2-1-5-14(15)16-11-22-17(21(16)13-7-8-13)20-12-4-3-9-19-10-12/h1-6,9-11,13H,7-8H2/p+1. The van der Waals surface area contributed by atoms with Gasteiger partial charge in [0.25, 0.3) is 0 Å². The summed E-state index contributed by atoms with van der Waals surface area (Å²) in [6, 6.07) is 13.0. The number of thiazole rings is 1. The number of pyridine rings is 1. The highest BCUT2D eigenvalue weighted by atomic mass is 79.9. The number of benzene rings is 1. The molecule has 1 saturated carbocycles. The Kier molecular flexibility index (Phi) is 3.68. The molecule has 0 unspecified atom stereocenters. The number of hydrogen-bond acceptors (Lipinski definition) is 3. The van der Waals surface area contributed by atoms with Gasteiger partial charge in [-0.2, -0.15) is 0 Å². The predicted molar refractivity (Wildman–Crippen MR) is 93.4 cm³/mol. The highest BCUT2D eigenvalue weighted by Gasteiger charge is 2.35. The van der Waals surface area contributed by atoms with Crippen LogP contribution in [0, 0.1) is 0 Å². The van der Waals surface area contributed by atoms with Gasteiger partial charge in [0.15, 0.2) is 0 Å². The summed E-state index contributed by atoms with van der Waals surface area (Å²) in [6.07, 6.45) is 6.15. The van der Waals surface area contributed by atoms with E-state index < -0.39 is 0 Å². The molecule has 2 aromatic heterocycles. The van der Waals surface area contributed by atoms with E-state index in [1.54, 1.807) is 17.5 Å². The molecule has 1 aliphatic carbocycles. The van der Waals surface area contributed by atoms with E-state index in [1.807, 2.05) is 18.3 Å². The third kappa shape index (κ3) is 2.66. The van der Waals surface area contributed by atoms with Crippen molar-refractivity contribution in [1.29, 1.82) is 0 Å². The minimum absolute atomic E-state index is 0.604. The number of rotatable bonds is 4. The first-order valence-corrected chi connectivity index (χ1v) is 8.95. The van der Waals surface area contributed by atoms with E-state index in [0.717, 1.165) is 10.2 Å². The van der Waals surface area contributed by atoms with Crippen LogP contribution in [-0.2, 0) is 0 Å². The van der Waals surface area contributed by atoms with Gasteiger partial charge in [0.2, 0.25) is 0 Å². The van der Waals surface area contributed by atoms with E-state index in [0.29, 0.717) is 6.04 Å². The fourth-order valence-corrected chi connectivity index (χ4v) is 4.03. The molecule has 0 spiro atoms. The molecule has 2 heterocycles. The predicted octanol–water partition coefficient (Wildman–Crippen LogP) is 4.94. The Hall–Kier alpha value is -1.72. The first-order valence-electron chi connectivity index (χ1n) is 7.28. The summed E-state index contributed by atoms with van der Waals surface area (Å²) in [5.74, 6) is 0. The molecule has 1 fully saturated rings. The lowest BCUT2D eigenvalue weighted by Gasteiger charge is -2.06. The number of halogens is 1. The van der Waals surface area contributed by atoms with Gasteiger partial charge in [0.05, 0.1) is 6.20 Å². The van der Waals surface area contributed by atoms with Gasteiger partial charge in [-0.25, -0.2) is 9.88 Å². The third-order valence-electron chi connectivity index (χ3n) is 3.74. The van der Waals surface area contributed by atoms with Crippen LogP contribution in [0.3, 0.4) is 0 Å². The van der Waals surface area contributed by atoms with Crippen molar-refractivity contribution < 1.29 is 4.57 Å².